The predicted molar refractivity (Wildman–Crippen MR) is 62.0 cm³/mol. The molecule has 100 valence electrons. The van der Waals surface area contributed by atoms with E-state index in [4.69, 9.17) is 0 Å². The van der Waals surface area contributed by atoms with Gasteiger partial charge in [0.05, 0.1) is 5.56 Å². The van der Waals surface area contributed by atoms with E-state index in [1.165, 1.54) is 0 Å². The molecule has 1 aromatic carbocycles. The van der Waals surface area contributed by atoms with Gasteiger partial charge in [0.2, 0.25) is 0 Å². The maximum Gasteiger partial charge on any atom is 0.416 e. The molecule has 7 heteroatoms. The van der Waals surface area contributed by atoms with E-state index in [1.807, 2.05) is 0 Å². The van der Waals surface area contributed by atoms with Gasteiger partial charge in [0.25, 0.3) is 0 Å². The number of aromatic amines is 1. The standard InChI is InChI=1S/C12H6F5NS/c13-7-1-2-8(9(14)5-7)10-3-6(12(15,16)17)4-11(19)18-10/h1-5H,(H,18,19). The Kier molecular flexibility index (Phi) is 3.40. The zero-order valence-corrected chi connectivity index (χ0v) is 10.0. The van der Waals surface area contributed by atoms with Crippen LogP contribution in [0, 0.1) is 16.3 Å². The molecule has 19 heavy (non-hydrogen) atoms. The van der Waals surface area contributed by atoms with Gasteiger partial charge in [-0.15, -0.1) is 0 Å². The molecule has 2 aromatic rings. The molecule has 0 aliphatic rings. The fourth-order valence-corrected chi connectivity index (χ4v) is 1.80. The lowest BCUT2D eigenvalue weighted by molar-refractivity contribution is -0.137. The topological polar surface area (TPSA) is 15.8 Å². The highest BCUT2D eigenvalue weighted by Gasteiger charge is 2.31. The Bertz CT molecular complexity index is 675. The maximum atomic E-state index is 13.5. The lowest BCUT2D eigenvalue weighted by Crippen LogP contribution is -2.06. The van der Waals surface area contributed by atoms with Crippen molar-refractivity contribution < 1.29 is 22.0 Å². The van der Waals surface area contributed by atoms with Gasteiger partial charge in [-0.2, -0.15) is 13.2 Å². The van der Waals surface area contributed by atoms with Crippen LogP contribution in [0.25, 0.3) is 11.3 Å². The molecule has 0 radical (unpaired) electrons. The Morgan fingerprint density at radius 3 is 2.26 bits per heavy atom. The second-order valence-electron chi connectivity index (χ2n) is 3.77. The minimum absolute atomic E-state index is 0.155. The number of hydrogen-bond donors (Lipinski definition) is 1. The Morgan fingerprint density at radius 1 is 1.00 bits per heavy atom. The quantitative estimate of drug-likeness (QED) is 0.594. The average molecular weight is 291 g/mol. The highest BCUT2D eigenvalue weighted by Crippen LogP contribution is 2.32. The van der Waals surface area contributed by atoms with Gasteiger partial charge in [-0.05, 0) is 24.3 Å². The van der Waals surface area contributed by atoms with Crippen LogP contribution >= 0.6 is 12.2 Å². The van der Waals surface area contributed by atoms with E-state index >= 15 is 0 Å². The van der Waals surface area contributed by atoms with Crippen molar-refractivity contribution >= 4 is 12.2 Å². The van der Waals surface area contributed by atoms with Crippen LogP contribution in [-0.4, -0.2) is 4.98 Å². The van der Waals surface area contributed by atoms with E-state index in [0.717, 1.165) is 24.3 Å². The Balaban J connectivity index is 2.63. The zero-order valence-electron chi connectivity index (χ0n) is 9.18. The number of rotatable bonds is 1. The van der Waals surface area contributed by atoms with Gasteiger partial charge in [0.15, 0.2) is 0 Å². The molecule has 0 fully saturated rings. The van der Waals surface area contributed by atoms with Crippen LogP contribution in [0.3, 0.4) is 0 Å². The van der Waals surface area contributed by atoms with Crippen molar-refractivity contribution in [2.75, 3.05) is 0 Å². The lowest BCUT2D eigenvalue weighted by atomic mass is 10.1. The first kappa shape index (κ1) is 13.7. The number of nitrogens with one attached hydrogen (secondary N) is 1. The van der Waals surface area contributed by atoms with Crippen LogP contribution in [0.4, 0.5) is 22.0 Å². The van der Waals surface area contributed by atoms with Crippen LogP contribution in [0.2, 0.25) is 0 Å². The molecule has 0 saturated heterocycles. The summed E-state index contributed by atoms with van der Waals surface area (Å²) in [6.07, 6.45) is -4.59. The molecule has 0 bridgehead atoms. The van der Waals surface area contributed by atoms with Crippen molar-refractivity contribution in [1.29, 1.82) is 0 Å². The van der Waals surface area contributed by atoms with Crippen LogP contribution < -0.4 is 0 Å². The number of hydrogen-bond acceptors (Lipinski definition) is 1. The number of alkyl halides is 3. The Hall–Kier alpha value is -1.76. The normalized spacial score (nSPS) is 11.6. The summed E-state index contributed by atoms with van der Waals surface area (Å²) in [6.45, 7) is 0. The molecule has 2 rings (SSSR count). The van der Waals surface area contributed by atoms with Crippen molar-refractivity contribution in [1.82, 2.24) is 4.98 Å². The van der Waals surface area contributed by atoms with E-state index < -0.39 is 23.4 Å². The minimum atomic E-state index is -4.59. The summed E-state index contributed by atoms with van der Waals surface area (Å²) in [6, 6.07) is 4.06. The molecule has 0 unspecified atom stereocenters. The SMILES string of the molecule is Fc1ccc(-c2cc(C(F)(F)F)cc(=S)[nH]2)c(F)c1. The number of aromatic nitrogens is 1. The van der Waals surface area contributed by atoms with E-state index in [9.17, 15) is 22.0 Å². The second-order valence-corrected chi connectivity index (χ2v) is 4.21. The van der Waals surface area contributed by atoms with Gasteiger partial charge in [-0.25, -0.2) is 8.78 Å². The highest BCUT2D eigenvalue weighted by molar-refractivity contribution is 7.71. The number of pyridine rings is 1. The van der Waals surface area contributed by atoms with E-state index in [0.29, 0.717) is 6.07 Å². The molecular weight excluding hydrogens is 285 g/mol. The van der Waals surface area contributed by atoms with Crippen molar-refractivity contribution in [2.45, 2.75) is 6.18 Å². The van der Waals surface area contributed by atoms with Gasteiger partial charge in [0, 0.05) is 17.3 Å². The van der Waals surface area contributed by atoms with Crippen molar-refractivity contribution in [2.24, 2.45) is 0 Å². The largest absolute Gasteiger partial charge is 0.416 e. The van der Waals surface area contributed by atoms with Gasteiger partial charge in [0.1, 0.15) is 16.3 Å². The fraction of sp³-hybridized carbons (Fsp3) is 0.0833. The third-order valence-electron chi connectivity index (χ3n) is 2.39. The molecule has 0 aliphatic heterocycles. The second kappa shape index (κ2) is 4.73. The van der Waals surface area contributed by atoms with Gasteiger partial charge in [-0.3, -0.25) is 0 Å². The van der Waals surface area contributed by atoms with Crippen molar-refractivity contribution in [3.8, 4) is 11.3 Å². The Labute approximate surface area is 109 Å². The number of halogens is 5. The van der Waals surface area contributed by atoms with E-state index in [-0.39, 0.29) is 15.9 Å². The first-order chi connectivity index (χ1) is 8.77. The molecule has 0 atom stereocenters. The van der Waals surface area contributed by atoms with Crippen LogP contribution in [0.15, 0.2) is 30.3 Å². The first-order valence-corrected chi connectivity index (χ1v) is 5.45. The molecule has 0 saturated carbocycles. The van der Waals surface area contributed by atoms with Gasteiger partial charge < -0.3 is 4.98 Å². The lowest BCUT2D eigenvalue weighted by Gasteiger charge is -2.10. The molecule has 0 aliphatic carbocycles. The molecular formula is C12H6F5NS. The molecule has 0 spiro atoms. The third-order valence-corrected chi connectivity index (χ3v) is 2.61. The monoisotopic (exact) mass is 291 g/mol. The van der Waals surface area contributed by atoms with Crippen molar-refractivity contribution in [3.05, 3.63) is 52.2 Å². The summed E-state index contributed by atoms with van der Waals surface area (Å²) in [5, 5.41) is 0. The minimum Gasteiger partial charge on any atom is -0.346 e. The van der Waals surface area contributed by atoms with Crippen molar-refractivity contribution in [3.63, 3.8) is 0 Å². The van der Waals surface area contributed by atoms with Crippen LogP contribution in [0.1, 0.15) is 5.56 Å². The number of benzene rings is 1. The van der Waals surface area contributed by atoms with E-state index in [2.05, 4.69) is 17.2 Å². The van der Waals surface area contributed by atoms with Crippen LogP contribution in [0.5, 0.6) is 0 Å². The fourth-order valence-electron chi connectivity index (χ4n) is 1.56. The molecule has 1 aromatic heterocycles. The van der Waals surface area contributed by atoms with Gasteiger partial charge >= 0.3 is 6.18 Å². The smallest absolute Gasteiger partial charge is 0.346 e. The average Bonchev–Trinajstić information content (AvgIpc) is 2.26. The zero-order chi connectivity index (χ0) is 14.2. The highest BCUT2D eigenvalue weighted by atomic mass is 32.1. The summed E-state index contributed by atoms with van der Waals surface area (Å²) >= 11 is 4.67. The number of H-pyrrole nitrogens is 1. The predicted octanol–water partition coefficient (Wildman–Crippen LogP) is 4.71. The summed E-state index contributed by atoms with van der Waals surface area (Å²) < 4.78 is 63.9. The summed E-state index contributed by atoms with van der Waals surface area (Å²) in [5.74, 6) is -1.78. The molecule has 1 nitrogen and oxygen atoms in total. The first-order valence-electron chi connectivity index (χ1n) is 5.04. The molecule has 1 heterocycles. The summed E-state index contributed by atoms with van der Waals surface area (Å²) in [7, 11) is 0. The van der Waals surface area contributed by atoms with E-state index in [1.54, 1.807) is 0 Å². The van der Waals surface area contributed by atoms with Gasteiger partial charge in [-0.1, -0.05) is 12.2 Å². The van der Waals surface area contributed by atoms with Crippen LogP contribution in [-0.2, 0) is 6.18 Å². The third kappa shape index (κ3) is 2.98. The maximum absolute atomic E-state index is 13.5. The summed E-state index contributed by atoms with van der Waals surface area (Å²) in [5.41, 5.74) is -1.33. The Morgan fingerprint density at radius 2 is 1.68 bits per heavy atom. The summed E-state index contributed by atoms with van der Waals surface area (Å²) in [4.78, 5) is 2.45. The molecule has 0 amide bonds. The molecule has 1 N–H and O–H groups in total.